The lowest BCUT2D eigenvalue weighted by Gasteiger charge is -2.36. The molecular formula is C22H25N5O2S. The summed E-state index contributed by atoms with van der Waals surface area (Å²) in [6.07, 6.45) is 7.54. The summed E-state index contributed by atoms with van der Waals surface area (Å²) in [4.78, 5) is 31.0. The lowest BCUT2D eigenvalue weighted by molar-refractivity contribution is -0.130. The van der Waals surface area contributed by atoms with Gasteiger partial charge in [-0.25, -0.2) is 15.0 Å². The molecule has 0 bridgehead atoms. The zero-order chi connectivity index (χ0) is 20.5. The maximum Gasteiger partial charge on any atom is 0.228 e. The van der Waals surface area contributed by atoms with E-state index in [2.05, 4.69) is 32.0 Å². The molecule has 3 heterocycles. The van der Waals surface area contributed by atoms with Gasteiger partial charge in [-0.3, -0.25) is 4.79 Å². The van der Waals surface area contributed by atoms with Gasteiger partial charge >= 0.3 is 0 Å². The molecule has 7 nitrogen and oxygen atoms in total. The zero-order valence-corrected chi connectivity index (χ0v) is 17.9. The first-order valence-electron chi connectivity index (χ1n) is 10.5. The van der Waals surface area contributed by atoms with Crippen molar-refractivity contribution in [2.45, 2.75) is 38.7 Å². The number of fused-ring (bicyclic) bond motifs is 1. The highest BCUT2D eigenvalue weighted by atomic mass is 32.1. The van der Waals surface area contributed by atoms with Gasteiger partial charge in [-0.2, -0.15) is 0 Å². The van der Waals surface area contributed by atoms with Crippen LogP contribution in [0.15, 0.2) is 30.7 Å². The highest BCUT2D eigenvalue weighted by Gasteiger charge is 2.24. The molecule has 0 atom stereocenters. The largest absolute Gasteiger partial charge is 0.474 e. The molecule has 1 aliphatic carbocycles. The molecule has 1 saturated heterocycles. The Hall–Kier alpha value is -2.74. The molecule has 1 amide bonds. The predicted octanol–water partition coefficient (Wildman–Crippen LogP) is 3.22. The first-order valence-corrected chi connectivity index (χ1v) is 11.3. The van der Waals surface area contributed by atoms with Crippen LogP contribution in [0.4, 0.5) is 5.69 Å². The number of rotatable bonds is 5. The van der Waals surface area contributed by atoms with Crippen LogP contribution in [-0.4, -0.2) is 58.0 Å². The van der Waals surface area contributed by atoms with Crippen molar-refractivity contribution in [2.75, 3.05) is 31.1 Å². The van der Waals surface area contributed by atoms with Crippen LogP contribution < -0.4 is 9.64 Å². The van der Waals surface area contributed by atoms with Gasteiger partial charge < -0.3 is 14.5 Å². The Kier molecular flexibility index (Phi) is 5.25. The van der Waals surface area contributed by atoms with E-state index in [-0.39, 0.29) is 12.0 Å². The van der Waals surface area contributed by atoms with Crippen molar-refractivity contribution < 1.29 is 9.53 Å². The van der Waals surface area contributed by atoms with Crippen LogP contribution in [-0.2, 0) is 11.2 Å². The van der Waals surface area contributed by atoms with Crippen LogP contribution in [0.5, 0.6) is 5.88 Å². The average molecular weight is 424 g/mol. The number of amides is 1. The molecule has 156 valence electrons. The molecule has 8 heteroatoms. The van der Waals surface area contributed by atoms with Gasteiger partial charge in [0, 0.05) is 42.9 Å². The second kappa shape index (κ2) is 8.18. The number of carbonyl (C=O) groups excluding carboxylic acids is 1. The number of benzene rings is 1. The highest BCUT2D eigenvalue weighted by molar-refractivity contribution is 7.11. The lowest BCUT2D eigenvalue weighted by Crippen LogP contribution is -2.49. The Balaban J connectivity index is 1.26. The van der Waals surface area contributed by atoms with Gasteiger partial charge in [-0.1, -0.05) is 0 Å². The summed E-state index contributed by atoms with van der Waals surface area (Å²) in [7, 11) is 0. The van der Waals surface area contributed by atoms with E-state index in [0.717, 1.165) is 65.5 Å². The first kappa shape index (κ1) is 19.2. The SMILES string of the molecule is Cc1ncc(CC(=O)N2CCN(c3ccc4ncnc(OC5CCC5)c4c3)CC2)s1. The number of ether oxygens (including phenoxy) is 1. The molecule has 0 unspecified atom stereocenters. The van der Waals surface area contributed by atoms with Crippen molar-refractivity contribution in [2.24, 2.45) is 0 Å². The van der Waals surface area contributed by atoms with Crippen molar-refractivity contribution >= 4 is 33.8 Å². The minimum Gasteiger partial charge on any atom is -0.474 e. The molecule has 5 rings (SSSR count). The number of piperazine rings is 1. The third kappa shape index (κ3) is 3.96. The molecule has 30 heavy (non-hydrogen) atoms. The molecule has 2 aliphatic rings. The average Bonchev–Trinajstić information content (AvgIpc) is 3.15. The standard InChI is InChI=1S/C22H25N5O2S/c1-15-23-13-18(30-15)12-21(28)27-9-7-26(8-10-27)16-5-6-20-19(11-16)22(25-14-24-20)29-17-3-2-4-17/h5-6,11,13-14,17H,2-4,7-10,12H2,1H3. The molecule has 2 fully saturated rings. The van der Waals surface area contributed by atoms with Crippen molar-refractivity contribution in [3.05, 3.63) is 40.6 Å². The third-order valence-electron chi connectivity index (χ3n) is 5.90. The predicted molar refractivity (Wildman–Crippen MR) is 117 cm³/mol. The van der Waals surface area contributed by atoms with Gasteiger partial charge in [0.1, 0.15) is 12.4 Å². The quantitative estimate of drug-likeness (QED) is 0.628. The van der Waals surface area contributed by atoms with Crippen molar-refractivity contribution in [3.8, 4) is 5.88 Å². The highest BCUT2D eigenvalue weighted by Crippen LogP contribution is 2.31. The molecular weight excluding hydrogens is 398 g/mol. The number of aromatic nitrogens is 3. The maximum atomic E-state index is 12.6. The van der Waals surface area contributed by atoms with E-state index in [1.165, 1.54) is 6.42 Å². The summed E-state index contributed by atoms with van der Waals surface area (Å²) < 4.78 is 6.09. The monoisotopic (exact) mass is 423 g/mol. The smallest absolute Gasteiger partial charge is 0.228 e. The number of nitrogens with zero attached hydrogens (tertiary/aromatic N) is 5. The summed E-state index contributed by atoms with van der Waals surface area (Å²) in [6.45, 7) is 5.04. The van der Waals surface area contributed by atoms with E-state index in [9.17, 15) is 4.79 Å². The van der Waals surface area contributed by atoms with Gasteiger partial charge in [0.2, 0.25) is 11.8 Å². The van der Waals surface area contributed by atoms with Crippen LogP contribution >= 0.6 is 11.3 Å². The molecule has 3 aromatic rings. The molecule has 0 N–H and O–H groups in total. The molecule has 0 spiro atoms. The summed E-state index contributed by atoms with van der Waals surface area (Å²) in [5, 5.41) is 1.96. The topological polar surface area (TPSA) is 71.5 Å². The van der Waals surface area contributed by atoms with Crippen LogP contribution in [0.1, 0.15) is 29.1 Å². The Morgan fingerprint density at radius 3 is 2.70 bits per heavy atom. The summed E-state index contributed by atoms with van der Waals surface area (Å²) in [5.41, 5.74) is 2.03. The van der Waals surface area contributed by atoms with Crippen LogP contribution in [0.2, 0.25) is 0 Å². The molecule has 1 saturated carbocycles. The number of hydrogen-bond acceptors (Lipinski definition) is 7. The van der Waals surface area contributed by atoms with E-state index in [1.54, 1.807) is 17.7 Å². The lowest BCUT2D eigenvalue weighted by atomic mass is 9.96. The number of aryl methyl sites for hydroxylation is 1. The van der Waals surface area contributed by atoms with Crippen LogP contribution in [0.25, 0.3) is 10.9 Å². The fraction of sp³-hybridized carbons (Fsp3) is 0.455. The molecule has 1 aliphatic heterocycles. The second-order valence-electron chi connectivity index (χ2n) is 7.94. The van der Waals surface area contributed by atoms with E-state index in [0.29, 0.717) is 12.3 Å². The summed E-state index contributed by atoms with van der Waals surface area (Å²) >= 11 is 1.60. The second-order valence-corrected chi connectivity index (χ2v) is 9.26. The van der Waals surface area contributed by atoms with Gasteiger partial charge in [0.05, 0.1) is 22.3 Å². The first-order chi connectivity index (χ1) is 14.7. The summed E-state index contributed by atoms with van der Waals surface area (Å²) in [6, 6.07) is 6.25. The molecule has 0 radical (unpaired) electrons. The van der Waals surface area contributed by atoms with E-state index in [1.807, 2.05) is 24.1 Å². The Morgan fingerprint density at radius 1 is 1.17 bits per heavy atom. The Labute approximate surface area is 179 Å². The van der Waals surface area contributed by atoms with Crippen LogP contribution in [0, 0.1) is 6.92 Å². The van der Waals surface area contributed by atoms with Crippen molar-refractivity contribution in [3.63, 3.8) is 0 Å². The normalized spacial score (nSPS) is 17.2. The van der Waals surface area contributed by atoms with Crippen LogP contribution in [0.3, 0.4) is 0 Å². The number of thiazole rings is 1. The number of hydrogen-bond donors (Lipinski definition) is 0. The Morgan fingerprint density at radius 2 is 2.00 bits per heavy atom. The van der Waals surface area contributed by atoms with Gasteiger partial charge in [-0.05, 0) is 44.4 Å². The zero-order valence-electron chi connectivity index (χ0n) is 17.1. The van der Waals surface area contributed by atoms with E-state index in [4.69, 9.17) is 4.74 Å². The minimum absolute atomic E-state index is 0.182. The van der Waals surface area contributed by atoms with Gasteiger partial charge in [0.15, 0.2) is 0 Å². The maximum absolute atomic E-state index is 12.6. The number of anilines is 1. The fourth-order valence-corrected chi connectivity index (χ4v) is 4.71. The van der Waals surface area contributed by atoms with E-state index < -0.39 is 0 Å². The third-order valence-corrected chi connectivity index (χ3v) is 6.82. The van der Waals surface area contributed by atoms with Gasteiger partial charge in [0.25, 0.3) is 0 Å². The molecule has 2 aromatic heterocycles. The summed E-state index contributed by atoms with van der Waals surface area (Å²) in [5.74, 6) is 0.863. The molecule has 1 aromatic carbocycles. The fourth-order valence-electron chi connectivity index (χ4n) is 3.92. The van der Waals surface area contributed by atoms with Crippen molar-refractivity contribution in [1.29, 1.82) is 0 Å². The van der Waals surface area contributed by atoms with E-state index >= 15 is 0 Å². The number of carbonyl (C=O) groups is 1. The minimum atomic E-state index is 0.182. The van der Waals surface area contributed by atoms with Gasteiger partial charge in [-0.15, -0.1) is 11.3 Å². The Bertz CT molecular complexity index is 1060. The van der Waals surface area contributed by atoms with Crippen molar-refractivity contribution in [1.82, 2.24) is 19.9 Å².